The highest BCUT2D eigenvalue weighted by atomic mass is 32.2. The quantitative estimate of drug-likeness (QED) is 0.646. The van der Waals surface area contributed by atoms with Gasteiger partial charge in [-0.05, 0) is 19.1 Å². The molecule has 20 heavy (non-hydrogen) atoms. The van der Waals surface area contributed by atoms with Gasteiger partial charge in [-0.1, -0.05) is 0 Å². The van der Waals surface area contributed by atoms with Crippen LogP contribution < -0.4 is 5.32 Å². The average Bonchev–Trinajstić information content (AvgIpc) is 2.37. The molecule has 112 valence electrons. The number of nitrogens with one attached hydrogen (secondary N) is 1. The van der Waals surface area contributed by atoms with Gasteiger partial charge in [-0.3, -0.25) is 4.79 Å². The van der Waals surface area contributed by atoms with Gasteiger partial charge in [0.2, 0.25) is 0 Å². The zero-order valence-electron chi connectivity index (χ0n) is 11.1. The van der Waals surface area contributed by atoms with Crippen molar-refractivity contribution in [3.05, 3.63) is 17.7 Å². The van der Waals surface area contributed by atoms with Gasteiger partial charge in [0.15, 0.2) is 0 Å². The topological polar surface area (TPSA) is 51.2 Å². The maximum atomic E-state index is 12.8. The molecule has 1 heterocycles. The summed E-state index contributed by atoms with van der Waals surface area (Å²) in [7, 11) is 1.26. The third-order valence-electron chi connectivity index (χ3n) is 2.27. The maximum absolute atomic E-state index is 12.8. The minimum atomic E-state index is -4.43. The predicted molar refractivity (Wildman–Crippen MR) is 70.8 cm³/mol. The van der Waals surface area contributed by atoms with Gasteiger partial charge in [0.25, 0.3) is 0 Å². The van der Waals surface area contributed by atoms with Gasteiger partial charge in [-0.2, -0.15) is 13.2 Å². The molecule has 0 aliphatic heterocycles. The van der Waals surface area contributed by atoms with Crippen LogP contribution in [-0.4, -0.2) is 30.4 Å². The molecule has 1 rings (SSSR count). The number of thioether (sulfide) groups is 1. The number of carbonyl (C=O) groups is 1. The molecule has 0 saturated heterocycles. The Morgan fingerprint density at radius 2 is 2.15 bits per heavy atom. The summed E-state index contributed by atoms with van der Waals surface area (Å²) in [6.07, 6.45) is -4.31. The Balaban J connectivity index is 2.83. The third kappa shape index (κ3) is 5.28. The first kappa shape index (κ1) is 16.6. The second kappa shape index (κ2) is 7.37. The first-order chi connectivity index (χ1) is 9.36. The summed E-state index contributed by atoms with van der Waals surface area (Å²) in [5.41, 5.74) is -0.760. The normalized spacial score (nSPS) is 11.2. The Morgan fingerprint density at radius 1 is 1.45 bits per heavy atom. The third-order valence-corrected chi connectivity index (χ3v) is 3.18. The van der Waals surface area contributed by atoms with Gasteiger partial charge >= 0.3 is 12.1 Å². The number of anilines is 1. The van der Waals surface area contributed by atoms with Crippen molar-refractivity contribution in [1.82, 2.24) is 4.98 Å². The van der Waals surface area contributed by atoms with Crippen LogP contribution in [0.15, 0.2) is 17.2 Å². The van der Waals surface area contributed by atoms with Crippen molar-refractivity contribution in [1.29, 1.82) is 0 Å². The molecule has 0 aromatic carbocycles. The lowest BCUT2D eigenvalue weighted by atomic mass is 10.2. The van der Waals surface area contributed by atoms with Gasteiger partial charge in [-0.25, -0.2) is 4.98 Å². The van der Waals surface area contributed by atoms with Gasteiger partial charge in [0.05, 0.1) is 24.1 Å². The number of esters is 1. The molecule has 0 saturated carbocycles. The molecular weight excluding hydrogens is 293 g/mol. The summed E-state index contributed by atoms with van der Waals surface area (Å²) in [5, 5.41) is 2.98. The molecule has 1 aromatic heterocycles. The van der Waals surface area contributed by atoms with E-state index in [4.69, 9.17) is 0 Å². The number of ether oxygens (including phenoxy) is 1. The zero-order valence-corrected chi connectivity index (χ0v) is 11.9. The highest BCUT2D eigenvalue weighted by Gasteiger charge is 2.31. The van der Waals surface area contributed by atoms with E-state index in [2.05, 4.69) is 15.0 Å². The van der Waals surface area contributed by atoms with Crippen molar-refractivity contribution in [2.75, 3.05) is 24.7 Å². The molecule has 8 heteroatoms. The second-order valence-corrected chi connectivity index (χ2v) is 4.90. The lowest BCUT2D eigenvalue weighted by Gasteiger charge is -2.11. The van der Waals surface area contributed by atoms with E-state index >= 15 is 0 Å². The zero-order chi connectivity index (χ0) is 15.2. The number of pyridine rings is 1. The summed E-state index contributed by atoms with van der Waals surface area (Å²) >= 11 is 1.08. The van der Waals surface area contributed by atoms with Crippen molar-refractivity contribution < 1.29 is 22.7 Å². The molecule has 0 aliphatic rings. The molecule has 1 N–H and O–H groups in total. The largest absolute Gasteiger partial charge is 0.469 e. The van der Waals surface area contributed by atoms with E-state index in [1.165, 1.54) is 7.11 Å². The monoisotopic (exact) mass is 308 g/mol. The highest BCUT2D eigenvalue weighted by molar-refractivity contribution is 7.99. The Kier molecular flexibility index (Phi) is 6.12. The number of halogens is 3. The lowest BCUT2D eigenvalue weighted by Crippen LogP contribution is -2.09. The van der Waals surface area contributed by atoms with Crippen LogP contribution in [0.4, 0.5) is 19.0 Å². The molecule has 0 unspecified atom stereocenters. The van der Waals surface area contributed by atoms with Crippen LogP contribution in [0.2, 0.25) is 0 Å². The number of hydrogen-bond acceptors (Lipinski definition) is 5. The fourth-order valence-electron chi connectivity index (χ4n) is 1.36. The Morgan fingerprint density at radius 3 is 2.70 bits per heavy atom. The summed E-state index contributed by atoms with van der Waals surface area (Å²) < 4.78 is 42.7. The van der Waals surface area contributed by atoms with Gasteiger partial charge < -0.3 is 10.1 Å². The van der Waals surface area contributed by atoms with Crippen LogP contribution in [0.25, 0.3) is 0 Å². The molecule has 1 aromatic rings. The SMILES string of the molecule is CCNc1cc(C(F)(F)F)cc(SCCC(=O)OC)n1. The Bertz CT molecular complexity index is 467. The van der Waals surface area contributed by atoms with Gasteiger partial charge in [-0.15, -0.1) is 11.8 Å². The fourth-order valence-corrected chi connectivity index (χ4v) is 2.21. The van der Waals surface area contributed by atoms with E-state index in [1.807, 2.05) is 0 Å². The number of rotatable bonds is 6. The highest BCUT2D eigenvalue weighted by Crippen LogP contribution is 2.33. The van der Waals surface area contributed by atoms with Crippen molar-refractivity contribution in [3.8, 4) is 0 Å². The summed E-state index contributed by atoms with van der Waals surface area (Å²) in [5.74, 6) is 0.0753. The summed E-state index contributed by atoms with van der Waals surface area (Å²) in [6.45, 7) is 2.24. The van der Waals surface area contributed by atoms with Crippen molar-refractivity contribution in [2.45, 2.75) is 24.5 Å². The maximum Gasteiger partial charge on any atom is 0.416 e. The molecule has 0 fully saturated rings. The first-order valence-electron chi connectivity index (χ1n) is 5.89. The van der Waals surface area contributed by atoms with Crippen LogP contribution in [0.1, 0.15) is 18.9 Å². The molecule has 4 nitrogen and oxygen atoms in total. The van der Waals surface area contributed by atoms with Crippen molar-refractivity contribution in [2.24, 2.45) is 0 Å². The lowest BCUT2D eigenvalue weighted by molar-refractivity contribution is -0.140. The number of alkyl halides is 3. The van der Waals surface area contributed by atoms with Gasteiger partial charge in [0, 0.05) is 12.3 Å². The molecule has 0 bridgehead atoms. The minimum Gasteiger partial charge on any atom is -0.469 e. The van der Waals surface area contributed by atoms with E-state index < -0.39 is 17.7 Å². The second-order valence-electron chi connectivity index (χ2n) is 3.78. The minimum absolute atomic E-state index is 0.121. The average molecular weight is 308 g/mol. The van der Waals surface area contributed by atoms with Gasteiger partial charge in [0.1, 0.15) is 5.82 Å². The number of nitrogens with zero attached hydrogens (tertiary/aromatic N) is 1. The van der Waals surface area contributed by atoms with E-state index in [9.17, 15) is 18.0 Å². The van der Waals surface area contributed by atoms with Crippen LogP contribution in [-0.2, 0) is 15.7 Å². The standard InChI is InChI=1S/C12H15F3N2O2S/c1-3-16-9-6-8(12(13,14)15)7-10(17-9)20-5-4-11(18)19-2/h6-7H,3-5H2,1-2H3,(H,16,17). The van der Waals surface area contributed by atoms with Crippen molar-refractivity contribution in [3.63, 3.8) is 0 Å². The summed E-state index contributed by atoms with van der Waals surface area (Å²) in [6, 6.07) is 1.94. The van der Waals surface area contributed by atoms with Crippen LogP contribution >= 0.6 is 11.8 Å². The number of carbonyl (C=O) groups excluding carboxylic acids is 1. The van der Waals surface area contributed by atoms with E-state index in [0.29, 0.717) is 12.3 Å². The first-order valence-corrected chi connectivity index (χ1v) is 6.88. The molecular formula is C12H15F3N2O2S. The van der Waals surface area contributed by atoms with Crippen molar-refractivity contribution >= 4 is 23.5 Å². The number of methoxy groups -OCH3 is 1. The molecule has 0 atom stereocenters. The van der Waals surface area contributed by atoms with Crippen LogP contribution in [0.5, 0.6) is 0 Å². The Hall–Kier alpha value is -1.44. The van der Waals surface area contributed by atoms with Crippen LogP contribution in [0, 0.1) is 0 Å². The summed E-state index contributed by atoms with van der Waals surface area (Å²) in [4.78, 5) is 15.0. The van der Waals surface area contributed by atoms with E-state index in [0.717, 1.165) is 23.9 Å². The number of aromatic nitrogens is 1. The van der Waals surface area contributed by atoms with E-state index in [1.54, 1.807) is 6.92 Å². The molecule has 0 radical (unpaired) electrons. The molecule has 0 amide bonds. The molecule has 0 aliphatic carbocycles. The fraction of sp³-hybridized carbons (Fsp3) is 0.500. The smallest absolute Gasteiger partial charge is 0.416 e. The van der Waals surface area contributed by atoms with Crippen LogP contribution in [0.3, 0.4) is 0 Å². The molecule has 0 spiro atoms. The predicted octanol–water partition coefficient (Wildman–Crippen LogP) is 3.19. The van der Waals surface area contributed by atoms with E-state index in [-0.39, 0.29) is 17.3 Å². The Labute approximate surface area is 119 Å². The number of hydrogen-bond donors (Lipinski definition) is 1.